The van der Waals surface area contributed by atoms with E-state index in [1.807, 2.05) is 0 Å². The van der Waals surface area contributed by atoms with Gasteiger partial charge in [0, 0.05) is 44.0 Å². The number of hydrogen-bond donors (Lipinski definition) is 1. The maximum Gasteiger partial charge on any atom is 0.0715 e. The van der Waals surface area contributed by atoms with Crippen molar-refractivity contribution in [3.63, 3.8) is 0 Å². The van der Waals surface area contributed by atoms with Gasteiger partial charge in [0.2, 0.25) is 0 Å². The van der Waals surface area contributed by atoms with Crippen LogP contribution in [0.5, 0.6) is 0 Å². The summed E-state index contributed by atoms with van der Waals surface area (Å²) in [5.41, 5.74) is 15.9. The Morgan fingerprint density at radius 2 is 0.754 bits per heavy atom. The lowest BCUT2D eigenvalue weighted by molar-refractivity contribution is 1.17. The molecule has 8 aromatic carbocycles. The van der Waals surface area contributed by atoms with Crippen LogP contribution in [0, 0.1) is 0 Å². The second-order valence-electron chi connectivity index (χ2n) is 18.2. The zero-order valence-electron chi connectivity index (χ0n) is 34.9. The third kappa shape index (κ3) is 6.52. The molecule has 0 saturated carbocycles. The molecule has 3 heterocycles. The minimum Gasteiger partial charge on any atom is -0.309 e. The van der Waals surface area contributed by atoms with Gasteiger partial charge >= 0.3 is 0 Å². The molecule has 0 unspecified atom stereocenters. The monoisotopic (exact) mass is 805 g/mol. The Balaban J connectivity index is 1.02. The topological polar surface area (TPSA) is 22.8 Å². The van der Waals surface area contributed by atoms with Crippen LogP contribution >= 0.6 is 9.16 Å². The van der Waals surface area contributed by atoms with E-state index in [9.17, 15) is 0 Å². The fraction of sp³-hybridized carbons (Fsp3) is 0.0702. The maximum atomic E-state index is 5.14. The van der Waals surface area contributed by atoms with Gasteiger partial charge in [-0.3, -0.25) is 9.16 Å². The van der Waals surface area contributed by atoms with Crippen molar-refractivity contribution in [3.8, 4) is 56.1 Å². The van der Waals surface area contributed by atoms with E-state index in [2.05, 4.69) is 240 Å². The Hall–Kier alpha value is -7.14. The molecule has 3 nitrogen and oxygen atoms in total. The quantitative estimate of drug-likeness (QED) is 0.159. The highest BCUT2D eigenvalue weighted by molar-refractivity contribution is 8.47. The van der Waals surface area contributed by atoms with Gasteiger partial charge in [-0.05, 0) is 137 Å². The van der Waals surface area contributed by atoms with E-state index < -0.39 is 9.16 Å². The van der Waals surface area contributed by atoms with Crippen molar-refractivity contribution < 1.29 is 0 Å². The minimum absolute atomic E-state index is 0.958. The van der Waals surface area contributed by atoms with Crippen LogP contribution in [-0.2, 0) is 0 Å². The summed E-state index contributed by atoms with van der Waals surface area (Å²) in [5, 5.41) is 4.99. The molecule has 0 saturated heterocycles. The average Bonchev–Trinajstić information content (AvgIpc) is 3.81. The lowest BCUT2D eigenvalue weighted by Gasteiger charge is -2.47. The van der Waals surface area contributed by atoms with Crippen molar-refractivity contribution in [1.82, 2.24) is 14.1 Å². The number of thiol groups is 1. The number of para-hydroxylation sites is 2. The lowest BCUT2D eigenvalue weighted by atomic mass is 9.99. The SMILES string of the molecule is C[SH](C)(C)(C)c1ccc(-n2c3ccccc3c3cc(-c4ccc5c(c4)c4ccccc4n5-c4cccc(-c5cc(-c6ccccc6)nc(-c6ccccc6)c5)c4)ccc32)cc1. The molecule has 0 atom stereocenters. The van der Waals surface area contributed by atoms with Gasteiger partial charge in [-0.25, -0.2) is 4.98 Å². The van der Waals surface area contributed by atoms with E-state index in [1.54, 1.807) is 0 Å². The van der Waals surface area contributed by atoms with E-state index in [1.165, 1.54) is 65.3 Å². The summed E-state index contributed by atoms with van der Waals surface area (Å²) in [6.45, 7) is 0. The molecule has 0 aliphatic rings. The lowest BCUT2D eigenvalue weighted by Crippen LogP contribution is -2.10. The molecule has 11 aromatic rings. The summed E-state index contributed by atoms with van der Waals surface area (Å²) >= 11 is 0. The molecule has 0 fully saturated rings. The van der Waals surface area contributed by atoms with Crippen LogP contribution in [0.3, 0.4) is 0 Å². The van der Waals surface area contributed by atoms with Crippen LogP contribution in [0.2, 0.25) is 0 Å². The Bertz CT molecular complexity index is 3390. The third-order valence-electron chi connectivity index (χ3n) is 12.2. The van der Waals surface area contributed by atoms with E-state index in [0.717, 1.165) is 39.3 Å². The zero-order chi connectivity index (χ0) is 41.3. The molecule has 0 bridgehead atoms. The predicted molar refractivity (Wildman–Crippen MR) is 266 cm³/mol. The van der Waals surface area contributed by atoms with E-state index >= 15 is 0 Å². The van der Waals surface area contributed by atoms with Crippen molar-refractivity contribution in [2.75, 3.05) is 25.0 Å². The standard InChI is InChI=1S/C57H47N3S/c1-61(2,3,4)47-30-28-45(29-31-47)59-54-24-13-11-22-48(54)50-35-42(26-32-56(50)59)43-27-33-57-51(36-43)49-23-12-14-25-55(49)60(57)46-21-15-20-41(34-46)44-37-52(39-16-7-5-8-17-39)58-53(38-44)40-18-9-6-10-19-40/h5-38,61H,1-4H3. The molecule has 0 aliphatic heterocycles. The van der Waals surface area contributed by atoms with Gasteiger partial charge in [0.1, 0.15) is 0 Å². The summed E-state index contributed by atoms with van der Waals surface area (Å²) in [6.07, 6.45) is 9.67. The van der Waals surface area contributed by atoms with Crippen LogP contribution in [0.1, 0.15) is 0 Å². The van der Waals surface area contributed by atoms with Crippen molar-refractivity contribution in [2.24, 2.45) is 0 Å². The van der Waals surface area contributed by atoms with Gasteiger partial charge in [-0.15, -0.1) is 0 Å². The van der Waals surface area contributed by atoms with Crippen LogP contribution in [-0.4, -0.2) is 39.1 Å². The first-order valence-electron chi connectivity index (χ1n) is 21.1. The number of aromatic nitrogens is 3. The highest BCUT2D eigenvalue weighted by atomic mass is 32.3. The summed E-state index contributed by atoms with van der Waals surface area (Å²) in [7, 11) is -1.88. The highest BCUT2D eigenvalue weighted by Crippen LogP contribution is 2.63. The fourth-order valence-corrected chi connectivity index (χ4v) is 10.4. The fourth-order valence-electron chi connectivity index (χ4n) is 9.09. The first kappa shape index (κ1) is 36.9. The molecule has 61 heavy (non-hydrogen) atoms. The smallest absolute Gasteiger partial charge is 0.0715 e. The van der Waals surface area contributed by atoms with Crippen molar-refractivity contribution in [1.29, 1.82) is 0 Å². The summed E-state index contributed by atoms with van der Waals surface area (Å²) in [6, 6.07) is 75.2. The normalized spacial score (nSPS) is 12.6. The predicted octanol–water partition coefficient (Wildman–Crippen LogP) is 14.9. The Morgan fingerprint density at radius 3 is 1.28 bits per heavy atom. The summed E-state index contributed by atoms with van der Waals surface area (Å²) in [5.74, 6) is 0. The summed E-state index contributed by atoms with van der Waals surface area (Å²) < 4.78 is 4.84. The molecule has 0 aliphatic carbocycles. The Labute approximate surface area is 357 Å². The molecule has 0 N–H and O–H groups in total. The molecule has 3 aromatic heterocycles. The molecular formula is C57H47N3S. The first-order valence-corrected chi connectivity index (χ1v) is 25.1. The number of nitrogens with zero attached hydrogens (tertiary/aromatic N) is 3. The number of rotatable bonds is 7. The highest BCUT2D eigenvalue weighted by Gasteiger charge is 2.22. The molecular weight excluding hydrogens is 759 g/mol. The second-order valence-corrected chi connectivity index (χ2v) is 25.8. The van der Waals surface area contributed by atoms with Crippen molar-refractivity contribution in [2.45, 2.75) is 4.90 Å². The van der Waals surface area contributed by atoms with Gasteiger partial charge in [-0.1, -0.05) is 121 Å². The van der Waals surface area contributed by atoms with Gasteiger partial charge in [0.05, 0.1) is 33.5 Å². The van der Waals surface area contributed by atoms with Gasteiger partial charge in [0.25, 0.3) is 0 Å². The second kappa shape index (κ2) is 14.0. The van der Waals surface area contributed by atoms with E-state index in [-0.39, 0.29) is 0 Å². The number of pyridine rings is 1. The molecule has 296 valence electrons. The minimum atomic E-state index is -1.88. The van der Waals surface area contributed by atoms with Gasteiger partial charge in [-0.2, -0.15) is 0 Å². The first-order chi connectivity index (χ1) is 29.6. The largest absolute Gasteiger partial charge is 0.309 e. The molecule has 0 spiro atoms. The van der Waals surface area contributed by atoms with Gasteiger partial charge in [0.15, 0.2) is 0 Å². The van der Waals surface area contributed by atoms with Gasteiger partial charge < -0.3 is 9.13 Å². The number of benzene rings is 8. The Morgan fingerprint density at radius 1 is 0.311 bits per heavy atom. The average molecular weight is 806 g/mol. The Kier molecular flexibility index (Phi) is 8.45. The van der Waals surface area contributed by atoms with Crippen molar-refractivity contribution >= 4 is 52.8 Å². The molecule has 4 heteroatoms. The van der Waals surface area contributed by atoms with Crippen LogP contribution in [0.15, 0.2) is 211 Å². The molecule has 0 radical (unpaired) electrons. The summed E-state index contributed by atoms with van der Waals surface area (Å²) in [4.78, 5) is 6.59. The van der Waals surface area contributed by atoms with Crippen LogP contribution in [0.25, 0.3) is 99.8 Å². The maximum absolute atomic E-state index is 5.14. The van der Waals surface area contributed by atoms with Crippen molar-refractivity contribution in [3.05, 3.63) is 206 Å². The zero-order valence-corrected chi connectivity index (χ0v) is 35.8. The van der Waals surface area contributed by atoms with E-state index in [4.69, 9.17) is 4.98 Å². The third-order valence-corrected chi connectivity index (χ3v) is 14.6. The molecule has 0 amide bonds. The van der Waals surface area contributed by atoms with E-state index in [0.29, 0.717) is 0 Å². The van der Waals surface area contributed by atoms with Crippen LogP contribution in [0.4, 0.5) is 0 Å². The number of fused-ring (bicyclic) bond motifs is 6. The number of hydrogen-bond acceptors (Lipinski definition) is 1. The molecule has 11 rings (SSSR count). The van der Waals surface area contributed by atoms with Crippen LogP contribution < -0.4 is 0 Å².